The Morgan fingerprint density at radius 2 is 1.74 bits per heavy atom. The van der Waals surface area contributed by atoms with Gasteiger partial charge in [0.05, 0.1) is 0 Å². The van der Waals surface area contributed by atoms with Crippen LogP contribution in [0, 0.1) is 3.57 Å². The summed E-state index contributed by atoms with van der Waals surface area (Å²) < 4.78 is 1.26. The first kappa shape index (κ1) is 14.4. The van der Waals surface area contributed by atoms with Gasteiger partial charge in [-0.15, -0.1) is 0 Å². The fraction of sp³-hybridized carbons (Fsp3) is 0.267. The van der Waals surface area contributed by atoms with E-state index in [0.717, 1.165) is 19.3 Å². The molecule has 1 atom stereocenters. The van der Waals surface area contributed by atoms with E-state index in [2.05, 4.69) is 69.4 Å². The zero-order valence-corrected chi connectivity index (χ0v) is 12.9. The van der Waals surface area contributed by atoms with Crippen LogP contribution in [0.2, 0.25) is 0 Å². The smallest absolute Gasteiger partial charge is 0.0270 e. The Hall–Kier alpha value is -0.980. The molecular weight excluding hydrogens is 349 g/mol. The first-order valence-electron chi connectivity index (χ1n) is 6.37. The summed E-state index contributed by atoms with van der Waals surface area (Å²) in [4.78, 5) is 4.03. The second-order valence-corrected chi connectivity index (χ2v) is 5.83. The number of halogens is 1. The van der Waals surface area contributed by atoms with Gasteiger partial charge in [-0.05, 0) is 77.2 Å². The van der Waals surface area contributed by atoms with Gasteiger partial charge >= 0.3 is 0 Å². The Morgan fingerprint density at radius 3 is 2.37 bits per heavy atom. The predicted octanol–water partition coefficient (Wildman–Crippen LogP) is 2.69. The molecule has 1 unspecified atom stereocenters. The minimum Gasteiger partial charge on any atom is -0.271 e. The maximum Gasteiger partial charge on any atom is 0.0270 e. The highest BCUT2D eigenvalue weighted by Gasteiger charge is 2.08. The monoisotopic (exact) mass is 367 g/mol. The molecule has 0 aliphatic rings. The van der Waals surface area contributed by atoms with Gasteiger partial charge in [-0.25, -0.2) is 0 Å². The van der Waals surface area contributed by atoms with Gasteiger partial charge in [0.1, 0.15) is 0 Å². The van der Waals surface area contributed by atoms with Gasteiger partial charge in [0.2, 0.25) is 0 Å². The Labute approximate surface area is 127 Å². The second-order valence-electron chi connectivity index (χ2n) is 4.59. The highest BCUT2D eigenvalue weighted by molar-refractivity contribution is 14.1. The van der Waals surface area contributed by atoms with E-state index in [1.54, 1.807) is 0 Å². The summed E-state index contributed by atoms with van der Waals surface area (Å²) in [5.74, 6) is 5.65. The highest BCUT2D eigenvalue weighted by Crippen LogP contribution is 2.11. The SMILES string of the molecule is NNC(CCc1ccncc1)Cc1ccc(I)cc1. The van der Waals surface area contributed by atoms with Gasteiger partial charge in [0, 0.05) is 22.0 Å². The van der Waals surface area contributed by atoms with E-state index in [4.69, 9.17) is 5.84 Å². The number of hydrogen-bond donors (Lipinski definition) is 2. The van der Waals surface area contributed by atoms with Crippen LogP contribution >= 0.6 is 22.6 Å². The molecule has 0 fully saturated rings. The third kappa shape index (κ3) is 4.89. The number of hydrazine groups is 1. The van der Waals surface area contributed by atoms with E-state index < -0.39 is 0 Å². The summed E-state index contributed by atoms with van der Waals surface area (Å²) in [6, 6.07) is 13.0. The minimum atomic E-state index is 0.299. The average molecular weight is 367 g/mol. The summed E-state index contributed by atoms with van der Waals surface area (Å²) >= 11 is 2.32. The fourth-order valence-corrected chi connectivity index (χ4v) is 2.40. The van der Waals surface area contributed by atoms with Crippen molar-refractivity contribution >= 4 is 22.6 Å². The number of nitrogens with one attached hydrogen (secondary N) is 1. The molecule has 2 rings (SSSR count). The number of pyridine rings is 1. The number of aromatic nitrogens is 1. The number of aryl methyl sites for hydroxylation is 1. The average Bonchev–Trinajstić information content (AvgIpc) is 2.46. The number of nitrogens with two attached hydrogens (primary N) is 1. The van der Waals surface area contributed by atoms with Crippen molar-refractivity contribution in [3.63, 3.8) is 0 Å². The molecule has 0 aliphatic carbocycles. The van der Waals surface area contributed by atoms with Gasteiger partial charge in [0.15, 0.2) is 0 Å². The molecule has 0 spiro atoms. The second kappa shape index (κ2) is 7.57. The predicted molar refractivity (Wildman–Crippen MR) is 86.5 cm³/mol. The topological polar surface area (TPSA) is 50.9 Å². The first-order chi connectivity index (χ1) is 9.28. The van der Waals surface area contributed by atoms with E-state index in [1.165, 1.54) is 14.7 Å². The van der Waals surface area contributed by atoms with Crippen LogP contribution in [0.1, 0.15) is 17.5 Å². The molecule has 0 aliphatic heterocycles. The van der Waals surface area contributed by atoms with Crippen molar-refractivity contribution in [3.05, 3.63) is 63.5 Å². The summed E-state index contributed by atoms with van der Waals surface area (Å²) in [5, 5.41) is 0. The lowest BCUT2D eigenvalue weighted by atomic mass is 10.00. The maximum atomic E-state index is 5.65. The van der Waals surface area contributed by atoms with Crippen molar-refractivity contribution in [2.24, 2.45) is 5.84 Å². The van der Waals surface area contributed by atoms with E-state index >= 15 is 0 Å². The molecule has 0 amide bonds. The van der Waals surface area contributed by atoms with E-state index in [0.29, 0.717) is 6.04 Å². The Morgan fingerprint density at radius 1 is 1.05 bits per heavy atom. The number of hydrogen-bond acceptors (Lipinski definition) is 3. The standard InChI is InChI=1S/C15H18IN3/c16-14-4-1-13(2-5-14)11-15(19-17)6-3-12-7-9-18-10-8-12/h1-2,4-5,7-10,15,19H,3,6,11,17H2. The summed E-state index contributed by atoms with van der Waals surface area (Å²) in [7, 11) is 0. The molecule has 19 heavy (non-hydrogen) atoms. The van der Waals surface area contributed by atoms with Gasteiger partial charge in [0.25, 0.3) is 0 Å². The van der Waals surface area contributed by atoms with E-state index in [-0.39, 0.29) is 0 Å². The van der Waals surface area contributed by atoms with Crippen LogP contribution in [0.4, 0.5) is 0 Å². The van der Waals surface area contributed by atoms with Crippen LogP contribution in [0.5, 0.6) is 0 Å². The van der Waals surface area contributed by atoms with E-state index in [9.17, 15) is 0 Å². The molecule has 0 saturated heterocycles. The maximum absolute atomic E-state index is 5.65. The van der Waals surface area contributed by atoms with Crippen molar-refractivity contribution in [2.75, 3.05) is 0 Å². The first-order valence-corrected chi connectivity index (χ1v) is 7.45. The summed E-state index contributed by atoms with van der Waals surface area (Å²) in [6.07, 6.45) is 6.66. The zero-order chi connectivity index (χ0) is 13.5. The van der Waals surface area contributed by atoms with Gasteiger partial charge in [-0.3, -0.25) is 16.3 Å². The minimum absolute atomic E-state index is 0.299. The number of nitrogens with zero attached hydrogens (tertiary/aromatic N) is 1. The van der Waals surface area contributed by atoms with Crippen LogP contribution in [0.15, 0.2) is 48.8 Å². The van der Waals surface area contributed by atoms with Crippen LogP contribution < -0.4 is 11.3 Å². The molecule has 3 nitrogen and oxygen atoms in total. The molecule has 1 aromatic heterocycles. The van der Waals surface area contributed by atoms with Crippen molar-refractivity contribution in [1.82, 2.24) is 10.4 Å². The van der Waals surface area contributed by atoms with Gasteiger partial charge < -0.3 is 0 Å². The quantitative estimate of drug-likeness (QED) is 0.469. The fourth-order valence-electron chi connectivity index (χ4n) is 2.04. The molecule has 2 aromatic rings. The Kier molecular flexibility index (Phi) is 5.75. The van der Waals surface area contributed by atoms with Crippen molar-refractivity contribution in [1.29, 1.82) is 0 Å². The molecule has 0 radical (unpaired) electrons. The zero-order valence-electron chi connectivity index (χ0n) is 10.7. The lowest BCUT2D eigenvalue weighted by Gasteiger charge is -2.16. The van der Waals surface area contributed by atoms with Crippen molar-refractivity contribution in [2.45, 2.75) is 25.3 Å². The number of benzene rings is 1. The third-order valence-corrected chi connectivity index (χ3v) is 3.88. The highest BCUT2D eigenvalue weighted by atomic mass is 127. The Balaban J connectivity index is 1.88. The summed E-state index contributed by atoms with van der Waals surface area (Å²) in [5.41, 5.74) is 5.54. The molecule has 0 bridgehead atoms. The van der Waals surface area contributed by atoms with Gasteiger partial charge in [-0.2, -0.15) is 0 Å². The van der Waals surface area contributed by atoms with Gasteiger partial charge in [-0.1, -0.05) is 12.1 Å². The number of rotatable bonds is 6. The normalized spacial score (nSPS) is 12.3. The Bertz CT molecular complexity index is 485. The van der Waals surface area contributed by atoms with Crippen LogP contribution in [-0.4, -0.2) is 11.0 Å². The van der Waals surface area contributed by atoms with E-state index in [1.807, 2.05) is 12.4 Å². The molecular formula is C15H18IN3. The molecule has 3 N–H and O–H groups in total. The van der Waals surface area contributed by atoms with Crippen LogP contribution in [0.25, 0.3) is 0 Å². The molecule has 4 heteroatoms. The molecule has 1 heterocycles. The summed E-state index contributed by atoms with van der Waals surface area (Å²) in [6.45, 7) is 0. The van der Waals surface area contributed by atoms with Crippen LogP contribution in [0.3, 0.4) is 0 Å². The lowest BCUT2D eigenvalue weighted by Crippen LogP contribution is -2.37. The molecule has 100 valence electrons. The van der Waals surface area contributed by atoms with Crippen LogP contribution in [-0.2, 0) is 12.8 Å². The third-order valence-electron chi connectivity index (χ3n) is 3.16. The molecule has 1 aromatic carbocycles. The van der Waals surface area contributed by atoms with Crippen molar-refractivity contribution in [3.8, 4) is 0 Å². The van der Waals surface area contributed by atoms with Crippen molar-refractivity contribution < 1.29 is 0 Å². The lowest BCUT2D eigenvalue weighted by molar-refractivity contribution is 0.491. The largest absolute Gasteiger partial charge is 0.271 e. The molecule has 0 saturated carbocycles.